The second kappa shape index (κ2) is 7.51. The first-order valence-corrected chi connectivity index (χ1v) is 7.63. The predicted molar refractivity (Wildman–Crippen MR) is 89.4 cm³/mol. The van der Waals surface area contributed by atoms with Gasteiger partial charge in [-0.25, -0.2) is 0 Å². The molecule has 2 heterocycles. The van der Waals surface area contributed by atoms with Crippen molar-refractivity contribution in [3.63, 3.8) is 0 Å². The molecule has 3 aromatic rings. The summed E-state index contributed by atoms with van der Waals surface area (Å²) in [4.78, 5) is 16.6. The van der Waals surface area contributed by atoms with Gasteiger partial charge >= 0.3 is 11.6 Å². The van der Waals surface area contributed by atoms with Crippen molar-refractivity contribution in [2.75, 3.05) is 14.2 Å². The monoisotopic (exact) mass is 356 g/mol. The third-order valence-corrected chi connectivity index (χ3v) is 3.66. The highest BCUT2D eigenvalue weighted by Crippen LogP contribution is 2.32. The molecule has 0 radical (unpaired) electrons. The molecule has 0 atom stereocenters. The standard InChI is InChI=1S/C17H16N4O5/c1-24-13-6-5-12(8-14(13)25-2)16-15(20-26-21(16)23)17(22)19-10-11-4-3-7-18-9-11/h3-9H,10H2,1-2H3,(H,19,22). The summed E-state index contributed by atoms with van der Waals surface area (Å²) in [5.74, 6) is 0.359. The normalized spacial score (nSPS) is 10.4. The number of hydrogen-bond donors (Lipinski definition) is 1. The van der Waals surface area contributed by atoms with Gasteiger partial charge in [0.2, 0.25) is 5.69 Å². The van der Waals surface area contributed by atoms with Crippen molar-refractivity contribution in [2.24, 2.45) is 0 Å². The van der Waals surface area contributed by atoms with Gasteiger partial charge < -0.3 is 20.0 Å². The van der Waals surface area contributed by atoms with Gasteiger partial charge in [0, 0.05) is 24.5 Å². The second-order valence-corrected chi connectivity index (χ2v) is 5.24. The van der Waals surface area contributed by atoms with Crippen LogP contribution < -0.4 is 19.7 Å². The fourth-order valence-corrected chi connectivity index (χ4v) is 2.39. The predicted octanol–water partition coefficient (Wildman–Crippen LogP) is 1.32. The Bertz CT molecular complexity index is 911. The van der Waals surface area contributed by atoms with Crippen LogP contribution in [0.25, 0.3) is 11.3 Å². The molecule has 26 heavy (non-hydrogen) atoms. The summed E-state index contributed by atoms with van der Waals surface area (Å²) >= 11 is 0. The highest BCUT2D eigenvalue weighted by molar-refractivity contribution is 5.97. The van der Waals surface area contributed by atoms with Crippen molar-refractivity contribution in [3.8, 4) is 22.8 Å². The Morgan fingerprint density at radius 1 is 1.27 bits per heavy atom. The van der Waals surface area contributed by atoms with Gasteiger partial charge in [0.1, 0.15) is 0 Å². The van der Waals surface area contributed by atoms with Gasteiger partial charge in [-0.3, -0.25) is 14.4 Å². The summed E-state index contributed by atoms with van der Waals surface area (Å²) in [6.45, 7) is 0.240. The Labute approximate surface area is 148 Å². The Kier molecular flexibility index (Phi) is 4.97. The summed E-state index contributed by atoms with van der Waals surface area (Å²) in [5.41, 5.74) is 1.07. The minimum absolute atomic E-state index is 0.0189. The number of aromatic nitrogens is 3. The number of rotatable bonds is 6. The van der Waals surface area contributed by atoms with Gasteiger partial charge in [0.15, 0.2) is 11.5 Å². The van der Waals surface area contributed by atoms with Crippen LogP contribution >= 0.6 is 0 Å². The number of nitrogens with one attached hydrogen (secondary N) is 1. The molecular weight excluding hydrogens is 340 g/mol. The van der Waals surface area contributed by atoms with Crippen LogP contribution in [0.2, 0.25) is 0 Å². The molecule has 3 rings (SSSR count). The maximum Gasteiger partial charge on any atom is 0.313 e. The number of amides is 1. The van der Waals surface area contributed by atoms with E-state index in [0.29, 0.717) is 17.1 Å². The first-order valence-electron chi connectivity index (χ1n) is 7.63. The van der Waals surface area contributed by atoms with E-state index in [1.54, 1.807) is 36.7 Å². The van der Waals surface area contributed by atoms with Gasteiger partial charge in [-0.1, -0.05) is 6.07 Å². The molecule has 1 aromatic carbocycles. The molecule has 9 heteroatoms. The minimum Gasteiger partial charge on any atom is -0.493 e. The Hall–Kier alpha value is -3.62. The second-order valence-electron chi connectivity index (χ2n) is 5.24. The van der Waals surface area contributed by atoms with E-state index < -0.39 is 5.91 Å². The van der Waals surface area contributed by atoms with Crippen molar-refractivity contribution in [3.05, 3.63) is 59.2 Å². The molecule has 0 fully saturated rings. The summed E-state index contributed by atoms with van der Waals surface area (Å²) in [7, 11) is 2.98. The summed E-state index contributed by atoms with van der Waals surface area (Å²) in [6.07, 6.45) is 3.27. The van der Waals surface area contributed by atoms with Crippen LogP contribution in [-0.2, 0) is 6.54 Å². The van der Waals surface area contributed by atoms with Crippen LogP contribution in [0.4, 0.5) is 0 Å². The van der Waals surface area contributed by atoms with Crippen molar-refractivity contribution in [1.82, 2.24) is 15.5 Å². The van der Waals surface area contributed by atoms with E-state index in [1.807, 2.05) is 6.07 Å². The smallest absolute Gasteiger partial charge is 0.313 e. The van der Waals surface area contributed by atoms with Gasteiger partial charge in [-0.05, 0) is 34.7 Å². The van der Waals surface area contributed by atoms with E-state index in [1.165, 1.54) is 14.2 Å². The SMILES string of the molecule is COc1ccc(-c2c(C(=O)NCc3cccnc3)no[n+]2[O-])cc1OC. The third-order valence-electron chi connectivity index (χ3n) is 3.66. The highest BCUT2D eigenvalue weighted by atomic mass is 16.8. The number of hydrogen-bond acceptors (Lipinski definition) is 7. The van der Waals surface area contributed by atoms with Crippen LogP contribution in [0, 0.1) is 5.21 Å². The molecular formula is C17H16N4O5. The largest absolute Gasteiger partial charge is 0.493 e. The summed E-state index contributed by atoms with van der Waals surface area (Å²) in [5, 5.41) is 18.3. The molecule has 0 aliphatic carbocycles. The van der Waals surface area contributed by atoms with E-state index in [0.717, 1.165) is 5.56 Å². The summed E-state index contributed by atoms with van der Waals surface area (Å²) < 4.78 is 15.0. The first kappa shape index (κ1) is 17.2. The van der Waals surface area contributed by atoms with Crippen molar-refractivity contribution in [1.29, 1.82) is 0 Å². The lowest BCUT2D eigenvalue weighted by atomic mass is 10.1. The number of carbonyl (C=O) groups excluding carboxylic acids is 1. The fraction of sp³-hybridized carbons (Fsp3) is 0.176. The average molecular weight is 356 g/mol. The topological polar surface area (TPSA) is 113 Å². The van der Waals surface area contributed by atoms with Gasteiger partial charge in [-0.15, -0.1) is 0 Å². The quantitative estimate of drug-likeness (QED) is 0.663. The highest BCUT2D eigenvalue weighted by Gasteiger charge is 2.28. The summed E-state index contributed by atoms with van der Waals surface area (Å²) in [6, 6.07) is 8.38. The Balaban J connectivity index is 1.88. The molecule has 0 saturated heterocycles. The van der Waals surface area contributed by atoms with Crippen molar-refractivity contribution in [2.45, 2.75) is 6.54 Å². The van der Waals surface area contributed by atoms with Gasteiger partial charge in [0.05, 0.1) is 19.4 Å². The zero-order chi connectivity index (χ0) is 18.5. The molecule has 134 valence electrons. The number of carbonyl (C=O) groups is 1. The molecule has 1 N–H and O–H groups in total. The molecule has 0 spiro atoms. The lowest BCUT2D eigenvalue weighted by Gasteiger charge is -2.08. The Morgan fingerprint density at radius 3 is 2.77 bits per heavy atom. The number of nitrogens with zero attached hydrogens (tertiary/aromatic N) is 3. The van der Waals surface area contributed by atoms with Crippen LogP contribution in [0.15, 0.2) is 47.4 Å². The first-order chi connectivity index (χ1) is 12.6. The van der Waals surface area contributed by atoms with Crippen LogP contribution in [0.5, 0.6) is 11.5 Å². The molecule has 0 aliphatic rings. The van der Waals surface area contributed by atoms with Crippen molar-refractivity contribution < 1.29 is 23.8 Å². The minimum atomic E-state index is -0.544. The third kappa shape index (κ3) is 3.41. The zero-order valence-electron chi connectivity index (χ0n) is 14.1. The molecule has 1 amide bonds. The van der Waals surface area contributed by atoms with Crippen LogP contribution in [0.1, 0.15) is 16.1 Å². The number of benzene rings is 1. The molecule has 0 bridgehead atoms. The number of methoxy groups -OCH3 is 2. The zero-order valence-corrected chi connectivity index (χ0v) is 14.1. The average Bonchev–Trinajstić information content (AvgIpc) is 3.07. The number of pyridine rings is 1. The lowest BCUT2D eigenvalue weighted by Crippen LogP contribution is -2.29. The van der Waals surface area contributed by atoms with E-state index in [-0.39, 0.29) is 22.8 Å². The lowest BCUT2D eigenvalue weighted by molar-refractivity contribution is -0.793. The van der Waals surface area contributed by atoms with E-state index in [2.05, 4.69) is 20.1 Å². The number of ether oxygens (including phenoxy) is 2. The fourth-order valence-electron chi connectivity index (χ4n) is 2.39. The molecule has 0 unspecified atom stereocenters. The molecule has 2 aromatic heterocycles. The van der Waals surface area contributed by atoms with E-state index in [4.69, 9.17) is 9.47 Å². The molecule has 0 aliphatic heterocycles. The maximum atomic E-state index is 12.4. The molecule has 9 nitrogen and oxygen atoms in total. The van der Waals surface area contributed by atoms with Crippen LogP contribution in [-0.4, -0.2) is 30.3 Å². The van der Waals surface area contributed by atoms with E-state index >= 15 is 0 Å². The maximum absolute atomic E-state index is 12.4. The molecule has 0 saturated carbocycles. The van der Waals surface area contributed by atoms with Gasteiger partial charge in [0.25, 0.3) is 0 Å². The van der Waals surface area contributed by atoms with Crippen molar-refractivity contribution >= 4 is 5.91 Å². The van der Waals surface area contributed by atoms with E-state index in [9.17, 15) is 10.0 Å². The van der Waals surface area contributed by atoms with Crippen LogP contribution in [0.3, 0.4) is 0 Å². The van der Waals surface area contributed by atoms with Gasteiger partial charge in [-0.2, -0.15) is 0 Å². The Morgan fingerprint density at radius 2 is 2.08 bits per heavy atom.